The van der Waals surface area contributed by atoms with Crippen LogP contribution in [-0.4, -0.2) is 23.9 Å². The first-order chi connectivity index (χ1) is 18.5. The molecule has 0 bridgehead atoms. The van der Waals surface area contributed by atoms with Crippen LogP contribution in [0.15, 0.2) is 58.0 Å². The normalized spacial score (nSPS) is 11.7. The first-order valence-electron chi connectivity index (χ1n) is 12.1. The first-order valence-corrected chi connectivity index (χ1v) is 14.6. The fraction of sp³-hybridized carbons (Fsp3) is 0.214. The van der Waals surface area contributed by atoms with Crippen molar-refractivity contribution >= 4 is 37.1 Å². The van der Waals surface area contributed by atoms with Gasteiger partial charge in [0, 0.05) is 36.1 Å². The van der Waals surface area contributed by atoms with Crippen molar-refractivity contribution in [1.29, 1.82) is 0 Å². The molecule has 1 N–H and O–H groups in total. The van der Waals surface area contributed by atoms with E-state index in [0.29, 0.717) is 61.0 Å². The number of hydrogen-bond donors (Lipinski definition) is 1. The molecule has 202 valence electrons. The quantitative estimate of drug-likeness (QED) is 0.240. The molecule has 11 heteroatoms. The lowest BCUT2D eigenvalue weighted by Crippen LogP contribution is -2.16. The Morgan fingerprint density at radius 1 is 1.08 bits per heavy atom. The molecule has 0 saturated heterocycles. The number of rotatable bonds is 7. The summed E-state index contributed by atoms with van der Waals surface area (Å²) in [6.45, 7) is 6.88. The van der Waals surface area contributed by atoms with Gasteiger partial charge in [-0.25, -0.2) is 12.8 Å². The Hall–Kier alpha value is -3.96. The van der Waals surface area contributed by atoms with Crippen LogP contribution < -0.4 is 15.0 Å². The van der Waals surface area contributed by atoms with Gasteiger partial charge in [0.2, 0.25) is 10.0 Å². The molecule has 0 aliphatic rings. The third-order valence-electron chi connectivity index (χ3n) is 6.28. The number of nitrogens with zero attached hydrogens (tertiary/aromatic N) is 2. The summed E-state index contributed by atoms with van der Waals surface area (Å²) in [5.41, 5.74) is 3.30. The highest BCUT2D eigenvalue weighted by Crippen LogP contribution is 2.43. The number of ether oxygens (including phenoxy) is 1. The Morgan fingerprint density at radius 2 is 1.79 bits per heavy atom. The SMILES string of the molecule is CCS(=O)(=O)Nc1ccc(Oc2c(C)cc(F)cc2C)c(-c2cn(C)c(=O)c3cc(-c4cc(C)no4)sc23)c1. The summed E-state index contributed by atoms with van der Waals surface area (Å²) in [4.78, 5) is 13.8. The zero-order valence-corrected chi connectivity index (χ0v) is 23.6. The average molecular weight is 568 g/mol. The van der Waals surface area contributed by atoms with E-state index in [-0.39, 0.29) is 17.1 Å². The Morgan fingerprint density at radius 3 is 2.44 bits per heavy atom. The Labute approximate surface area is 228 Å². The molecule has 0 spiro atoms. The third-order valence-corrected chi connectivity index (χ3v) is 8.77. The molecule has 0 radical (unpaired) electrons. The highest BCUT2D eigenvalue weighted by atomic mass is 32.2. The van der Waals surface area contributed by atoms with E-state index < -0.39 is 10.0 Å². The number of anilines is 1. The summed E-state index contributed by atoms with van der Waals surface area (Å²) in [5.74, 6) is 0.988. The van der Waals surface area contributed by atoms with E-state index in [0.717, 1.165) is 4.88 Å². The Balaban J connectivity index is 1.76. The monoisotopic (exact) mass is 567 g/mol. The molecule has 3 heterocycles. The van der Waals surface area contributed by atoms with Crippen molar-refractivity contribution in [3.63, 3.8) is 0 Å². The lowest BCUT2D eigenvalue weighted by Gasteiger charge is -2.18. The van der Waals surface area contributed by atoms with Crippen LogP contribution in [0.25, 0.3) is 31.9 Å². The summed E-state index contributed by atoms with van der Waals surface area (Å²) in [6, 6.07) is 11.3. The van der Waals surface area contributed by atoms with Gasteiger partial charge in [0.25, 0.3) is 5.56 Å². The zero-order valence-electron chi connectivity index (χ0n) is 22.0. The number of benzene rings is 2. The van der Waals surface area contributed by atoms with E-state index in [9.17, 15) is 17.6 Å². The van der Waals surface area contributed by atoms with Gasteiger partial charge in [0.1, 0.15) is 17.3 Å². The minimum absolute atomic E-state index is 0.0937. The minimum atomic E-state index is -3.55. The number of halogens is 1. The van der Waals surface area contributed by atoms with Gasteiger partial charge < -0.3 is 13.8 Å². The Bertz CT molecular complexity index is 1880. The van der Waals surface area contributed by atoms with E-state index in [2.05, 4.69) is 9.88 Å². The number of aryl methyl sites for hydroxylation is 4. The maximum Gasteiger partial charge on any atom is 0.259 e. The Kier molecular flexibility index (Phi) is 6.81. The van der Waals surface area contributed by atoms with E-state index in [1.165, 1.54) is 28.0 Å². The van der Waals surface area contributed by atoms with E-state index in [4.69, 9.17) is 9.26 Å². The van der Waals surface area contributed by atoms with Gasteiger partial charge in [-0.05, 0) is 75.2 Å². The van der Waals surface area contributed by atoms with Crippen molar-refractivity contribution in [3.8, 4) is 33.3 Å². The second-order valence-electron chi connectivity index (χ2n) is 9.33. The van der Waals surface area contributed by atoms with E-state index >= 15 is 0 Å². The number of thiophene rings is 1. The number of fused-ring (bicyclic) bond motifs is 1. The molecule has 5 rings (SSSR count). The molecular weight excluding hydrogens is 541 g/mol. The van der Waals surface area contributed by atoms with Crippen molar-refractivity contribution in [1.82, 2.24) is 9.72 Å². The molecule has 0 amide bonds. The molecule has 0 fully saturated rings. The first kappa shape index (κ1) is 26.6. The second-order valence-corrected chi connectivity index (χ2v) is 12.4. The van der Waals surface area contributed by atoms with Crippen LogP contribution in [0.4, 0.5) is 10.1 Å². The van der Waals surface area contributed by atoms with Crippen LogP contribution in [0.3, 0.4) is 0 Å². The van der Waals surface area contributed by atoms with Crippen LogP contribution in [0.1, 0.15) is 23.7 Å². The van der Waals surface area contributed by atoms with Gasteiger partial charge in [0.05, 0.1) is 26.4 Å². The molecule has 0 atom stereocenters. The standard InChI is InChI=1S/C28H26FN3O5S2/c1-6-39(34,35)31-19-7-8-23(36-26-15(2)9-18(29)10-16(26)3)20(12-19)22-14-32(5)28(33)21-13-25(38-27(21)22)24-11-17(4)30-37-24/h7-14,31H,6H2,1-5H3. The lowest BCUT2D eigenvalue weighted by atomic mass is 10.0. The number of nitrogens with one attached hydrogen (secondary N) is 1. The predicted octanol–water partition coefficient (Wildman–Crippen LogP) is 6.54. The molecule has 0 aliphatic carbocycles. The summed E-state index contributed by atoms with van der Waals surface area (Å²) < 4.78 is 55.2. The molecule has 3 aromatic heterocycles. The fourth-order valence-corrected chi connectivity index (χ4v) is 6.11. The summed E-state index contributed by atoms with van der Waals surface area (Å²) in [6.07, 6.45) is 1.70. The van der Waals surface area contributed by atoms with Crippen molar-refractivity contribution in [2.24, 2.45) is 7.05 Å². The third kappa shape index (κ3) is 5.19. The van der Waals surface area contributed by atoms with Crippen LogP contribution >= 0.6 is 11.3 Å². The van der Waals surface area contributed by atoms with E-state index in [1.807, 2.05) is 6.92 Å². The summed E-state index contributed by atoms with van der Waals surface area (Å²) in [7, 11) is -1.90. The van der Waals surface area contributed by atoms with Gasteiger partial charge in [-0.2, -0.15) is 0 Å². The van der Waals surface area contributed by atoms with Gasteiger partial charge in [0.15, 0.2) is 5.76 Å². The van der Waals surface area contributed by atoms with Crippen LogP contribution in [0.2, 0.25) is 0 Å². The largest absolute Gasteiger partial charge is 0.456 e. The fourth-order valence-electron chi connectivity index (χ4n) is 4.36. The zero-order chi connectivity index (χ0) is 28.1. The van der Waals surface area contributed by atoms with Crippen LogP contribution in [0.5, 0.6) is 11.5 Å². The highest BCUT2D eigenvalue weighted by molar-refractivity contribution is 7.92. The number of aromatic nitrogens is 2. The number of hydrogen-bond acceptors (Lipinski definition) is 7. The second kappa shape index (κ2) is 9.97. The molecule has 0 aliphatic heterocycles. The summed E-state index contributed by atoms with van der Waals surface area (Å²) >= 11 is 1.36. The number of sulfonamides is 1. The topological polar surface area (TPSA) is 103 Å². The lowest BCUT2D eigenvalue weighted by molar-refractivity contribution is 0.428. The van der Waals surface area contributed by atoms with Crippen LogP contribution in [-0.2, 0) is 17.1 Å². The minimum Gasteiger partial charge on any atom is -0.456 e. The molecule has 0 saturated carbocycles. The van der Waals surface area contributed by atoms with Gasteiger partial charge >= 0.3 is 0 Å². The van der Waals surface area contributed by atoms with Crippen molar-refractivity contribution in [2.75, 3.05) is 10.5 Å². The molecule has 0 unspecified atom stereocenters. The number of pyridine rings is 1. The predicted molar refractivity (Wildman–Crippen MR) is 152 cm³/mol. The molecule has 39 heavy (non-hydrogen) atoms. The molecule has 2 aromatic carbocycles. The van der Waals surface area contributed by atoms with E-state index in [1.54, 1.807) is 64.3 Å². The molecule has 8 nitrogen and oxygen atoms in total. The van der Waals surface area contributed by atoms with Crippen molar-refractivity contribution in [2.45, 2.75) is 27.7 Å². The molecular formula is C28H26FN3O5S2. The maximum atomic E-state index is 14.0. The van der Waals surface area contributed by atoms with Crippen molar-refractivity contribution in [3.05, 3.63) is 81.7 Å². The maximum absolute atomic E-state index is 14.0. The van der Waals surface area contributed by atoms with Gasteiger partial charge in [-0.15, -0.1) is 11.3 Å². The summed E-state index contributed by atoms with van der Waals surface area (Å²) in [5, 5.41) is 4.43. The molecule has 5 aromatic rings. The smallest absolute Gasteiger partial charge is 0.259 e. The highest BCUT2D eigenvalue weighted by Gasteiger charge is 2.21. The van der Waals surface area contributed by atoms with Crippen LogP contribution in [0, 0.1) is 26.6 Å². The van der Waals surface area contributed by atoms with Gasteiger partial charge in [-0.3, -0.25) is 9.52 Å². The average Bonchev–Trinajstić information content (AvgIpc) is 3.51. The van der Waals surface area contributed by atoms with Gasteiger partial charge in [-0.1, -0.05) is 5.16 Å². The van der Waals surface area contributed by atoms with Crippen molar-refractivity contribution < 1.29 is 22.1 Å².